The molecule has 142 valence electrons. The van der Waals surface area contributed by atoms with Crippen LogP contribution in [0.5, 0.6) is 0 Å². The molecule has 1 atom stereocenters. The highest BCUT2D eigenvalue weighted by Crippen LogP contribution is 2.65. The Hall–Kier alpha value is -2.93. The van der Waals surface area contributed by atoms with Crippen LogP contribution in [0.15, 0.2) is 47.4 Å². The summed E-state index contributed by atoms with van der Waals surface area (Å²) < 4.78 is 70.9. The van der Waals surface area contributed by atoms with Crippen molar-refractivity contribution in [3.8, 4) is 5.40 Å². The van der Waals surface area contributed by atoms with Gasteiger partial charge in [0.2, 0.25) is 0 Å². The van der Waals surface area contributed by atoms with Crippen LogP contribution in [0, 0.1) is 22.3 Å². The number of alkyl halides is 3. The molecule has 0 fully saturated rings. The van der Waals surface area contributed by atoms with E-state index in [2.05, 4.69) is 0 Å². The van der Waals surface area contributed by atoms with E-state index in [1.807, 2.05) is 0 Å². The minimum absolute atomic E-state index is 0.199. The van der Waals surface area contributed by atoms with Gasteiger partial charge in [0.1, 0.15) is 17.0 Å². The molecule has 0 radical (unpaired) electrons. The lowest BCUT2D eigenvalue weighted by atomic mass is 10.1. The van der Waals surface area contributed by atoms with Crippen molar-refractivity contribution in [3.05, 3.63) is 65.2 Å². The Morgan fingerprint density at radius 3 is 2.19 bits per heavy atom. The Labute approximate surface area is 152 Å². The average molecular weight is 402 g/mol. The van der Waals surface area contributed by atoms with Crippen LogP contribution in [0.3, 0.4) is 0 Å². The van der Waals surface area contributed by atoms with Crippen LogP contribution in [0.25, 0.3) is 0 Å². The second-order valence-electron chi connectivity index (χ2n) is 5.26. The molecule has 10 heteroatoms. The number of hydrogen-bond acceptors (Lipinski definition) is 3. The van der Waals surface area contributed by atoms with Crippen molar-refractivity contribution < 1.29 is 31.5 Å². The number of nitrogens with one attached hydrogen (secondary N) is 1. The van der Waals surface area contributed by atoms with Gasteiger partial charge in [-0.2, -0.15) is 18.4 Å². The molecule has 1 N–H and O–H groups in total. The van der Waals surface area contributed by atoms with E-state index in [1.54, 1.807) is 4.72 Å². The van der Waals surface area contributed by atoms with Crippen molar-refractivity contribution in [2.45, 2.75) is 17.3 Å². The van der Waals surface area contributed by atoms with E-state index in [4.69, 9.17) is 0 Å². The lowest BCUT2D eigenvalue weighted by molar-refractivity contribution is -0.0382. The predicted octanol–water partition coefficient (Wildman–Crippen LogP) is 4.68. The van der Waals surface area contributed by atoms with E-state index in [0.717, 1.165) is 12.3 Å². The van der Waals surface area contributed by atoms with Crippen LogP contribution in [-0.2, 0) is 0 Å². The molecule has 2 rings (SSSR count). The summed E-state index contributed by atoms with van der Waals surface area (Å²) >= 11 is 0. The predicted molar refractivity (Wildman–Crippen MR) is 87.8 cm³/mol. The minimum atomic E-state index is -5.41. The Morgan fingerprint density at radius 1 is 1.11 bits per heavy atom. The lowest BCUT2D eigenvalue weighted by Gasteiger charge is -2.36. The number of Topliss-reactive ketones (excluding diaryl/α,β-unsaturated/α-hetero) is 1. The highest BCUT2D eigenvalue weighted by molar-refractivity contribution is 8.37. The lowest BCUT2D eigenvalue weighted by Crippen LogP contribution is -2.37. The summed E-state index contributed by atoms with van der Waals surface area (Å²) in [6.07, 6.45) is 0. The van der Waals surface area contributed by atoms with Gasteiger partial charge in [-0.25, -0.2) is 8.78 Å². The van der Waals surface area contributed by atoms with Gasteiger partial charge in [0.25, 0.3) is 5.91 Å². The molecule has 2 aromatic carbocycles. The third kappa shape index (κ3) is 3.78. The second-order valence-corrected chi connectivity index (χ2v) is 7.78. The summed E-state index contributed by atoms with van der Waals surface area (Å²) in [6, 6.07) is 7.16. The van der Waals surface area contributed by atoms with Crippen LogP contribution in [-0.4, -0.2) is 17.2 Å². The first kappa shape index (κ1) is 20.4. The molecule has 1 amide bonds. The first-order valence-corrected chi connectivity index (χ1v) is 8.84. The summed E-state index contributed by atoms with van der Waals surface area (Å²) in [6.45, 7) is 0.775. The number of nitrogens with zero attached hydrogens (tertiary/aromatic N) is 1. The maximum Gasteiger partial charge on any atom is 0.458 e. The van der Waals surface area contributed by atoms with Crippen molar-refractivity contribution in [1.29, 1.82) is 5.26 Å². The van der Waals surface area contributed by atoms with Gasteiger partial charge in [-0.1, -0.05) is 18.2 Å². The van der Waals surface area contributed by atoms with E-state index < -0.39 is 49.5 Å². The number of benzene rings is 2. The first-order valence-electron chi connectivity index (χ1n) is 7.21. The molecule has 2 aromatic rings. The van der Waals surface area contributed by atoms with Crippen LogP contribution >= 0.6 is 10.2 Å². The number of hydrogen-bond donors (Lipinski definition) is 1. The van der Waals surface area contributed by atoms with Crippen molar-refractivity contribution >= 4 is 21.9 Å². The molecule has 0 heterocycles. The minimum Gasteiger partial charge on any atom is -0.294 e. The molecule has 0 bridgehead atoms. The van der Waals surface area contributed by atoms with E-state index in [1.165, 1.54) is 30.3 Å². The monoisotopic (exact) mass is 402 g/mol. The van der Waals surface area contributed by atoms with Crippen LogP contribution in [0.1, 0.15) is 27.6 Å². The molecule has 0 saturated heterocycles. The van der Waals surface area contributed by atoms with Gasteiger partial charge >= 0.3 is 5.51 Å². The first-order chi connectivity index (χ1) is 12.5. The van der Waals surface area contributed by atoms with Gasteiger partial charge in [-0.3, -0.25) is 14.3 Å². The molecule has 0 aliphatic carbocycles. The molecule has 0 aliphatic heterocycles. The molecule has 0 aromatic heterocycles. The highest BCUT2D eigenvalue weighted by atomic mass is 32.3. The van der Waals surface area contributed by atoms with Gasteiger partial charge in [0, 0.05) is 26.7 Å². The number of carbonyl (C=O) groups excluding carboxylic acids is 2. The molecule has 0 aliphatic rings. The number of halogens is 5. The quantitative estimate of drug-likeness (QED) is 0.459. The van der Waals surface area contributed by atoms with Crippen LogP contribution < -0.4 is 4.72 Å². The summed E-state index contributed by atoms with van der Waals surface area (Å²) in [5, 5.41) is 10.3. The molecule has 4 nitrogen and oxygen atoms in total. The smallest absolute Gasteiger partial charge is 0.294 e. The van der Waals surface area contributed by atoms with Crippen molar-refractivity contribution in [2.75, 3.05) is 0 Å². The number of amides is 1. The zero-order valence-electron chi connectivity index (χ0n) is 13.6. The molecule has 1 unspecified atom stereocenters. The summed E-state index contributed by atoms with van der Waals surface area (Å²) in [7, 11) is -4.99. The largest absolute Gasteiger partial charge is 0.458 e. The van der Waals surface area contributed by atoms with Crippen molar-refractivity contribution in [3.63, 3.8) is 0 Å². The number of ketones is 1. The fourth-order valence-electron chi connectivity index (χ4n) is 2.28. The Balaban J connectivity index is 2.76. The number of rotatable bonds is 4. The zero-order valence-corrected chi connectivity index (χ0v) is 14.4. The average Bonchev–Trinajstić information content (AvgIpc) is 2.58. The second kappa shape index (κ2) is 7.36. The fourth-order valence-corrected chi connectivity index (χ4v) is 4.24. The van der Waals surface area contributed by atoms with Crippen molar-refractivity contribution in [1.82, 2.24) is 4.72 Å². The Morgan fingerprint density at radius 2 is 1.70 bits per heavy atom. The maximum atomic E-state index is 14.0. The molecule has 27 heavy (non-hydrogen) atoms. The molecular weight excluding hydrogens is 391 g/mol. The Kier molecular flexibility index (Phi) is 5.56. The highest BCUT2D eigenvalue weighted by Gasteiger charge is 2.55. The summed E-state index contributed by atoms with van der Waals surface area (Å²) in [5.74, 6) is -5.39. The molecular formula is C17H11F5N2O2S. The van der Waals surface area contributed by atoms with Gasteiger partial charge in [0.15, 0.2) is 5.78 Å². The molecule has 0 spiro atoms. The van der Waals surface area contributed by atoms with E-state index in [-0.39, 0.29) is 17.7 Å². The number of nitriles is 1. The van der Waals surface area contributed by atoms with E-state index >= 15 is 0 Å². The zero-order chi connectivity index (χ0) is 20.4. The topological polar surface area (TPSA) is 70.0 Å². The fraction of sp³-hybridized carbons (Fsp3) is 0.118. The summed E-state index contributed by atoms with van der Waals surface area (Å²) in [5.41, 5.74) is -6.70. The van der Waals surface area contributed by atoms with Gasteiger partial charge < -0.3 is 0 Å². The van der Waals surface area contributed by atoms with Gasteiger partial charge in [0.05, 0.1) is 5.56 Å². The Bertz CT molecular complexity index is 941. The van der Waals surface area contributed by atoms with Crippen LogP contribution in [0.4, 0.5) is 22.0 Å². The van der Waals surface area contributed by atoms with E-state index in [9.17, 15) is 36.8 Å². The SMILES string of the molecule is CC(=O)c1c(F)cc(F)cc1S(C#N)(NC(=O)c1ccccc1)C(F)(F)F. The van der Waals surface area contributed by atoms with Crippen LogP contribution in [0.2, 0.25) is 0 Å². The summed E-state index contributed by atoms with van der Waals surface area (Å²) in [4.78, 5) is 22.7. The normalized spacial score (nSPS) is 14.6. The van der Waals surface area contributed by atoms with E-state index in [0.29, 0.717) is 0 Å². The van der Waals surface area contributed by atoms with Gasteiger partial charge in [-0.05, 0) is 25.1 Å². The third-order valence-corrected chi connectivity index (χ3v) is 5.91. The standard InChI is InChI=1S/C17H11F5N2O2S/c1-10(25)15-13(19)7-12(18)8-14(15)27(9-23,17(20,21)22)24-16(26)11-5-3-2-4-6-11/h2-8H,1H3,(H,24,26). The number of thiocyanates is 1. The number of carbonyl (C=O) groups is 2. The van der Waals surface area contributed by atoms with Gasteiger partial charge in [-0.15, -0.1) is 0 Å². The molecule has 0 saturated carbocycles. The third-order valence-electron chi connectivity index (χ3n) is 3.47. The van der Waals surface area contributed by atoms with Crippen molar-refractivity contribution in [2.24, 2.45) is 0 Å². The maximum absolute atomic E-state index is 14.0.